The van der Waals surface area contributed by atoms with Gasteiger partial charge in [0.2, 0.25) is 0 Å². The standard InChI is InChI=1S/C21H18N2O6S/c1-3-29-21(25)19-16(12-18(30-19)13-8-10-14(28-2)11-9-13)22-20(24)15-6-4-5-7-17(15)23(26)27/h4-12H,3H2,1-2H3,(H,22,24). The number of carbonyl (C=O) groups excluding carboxylic acids is 2. The molecule has 0 aliphatic heterocycles. The molecule has 1 aromatic heterocycles. The van der Waals surface area contributed by atoms with Crippen LogP contribution in [0.1, 0.15) is 27.0 Å². The van der Waals surface area contributed by atoms with Crippen molar-refractivity contribution in [2.45, 2.75) is 6.92 Å². The number of benzene rings is 2. The highest BCUT2D eigenvalue weighted by molar-refractivity contribution is 7.18. The van der Waals surface area contributed by atoms with Gasteiger partial charge in [0.15, 0.2) is 0 Å². The first-order chi connectivity index (χ1) is 14.4. The Balaban J connectivity index is 1.98. The lowest BCUT2D eigenvalue weighted by Crippen LogP contribution is -2.15. The molecular weight excluding hydrogens is 408 g/mol. The first-order valence-corrected chi connectivity index (χ1v) is 9.76. The molecule has 154 valence electrons. The molecule has 0 fully saturated rings. The van der Waals surface area contributed by atoms with Crippen LogP contribution < -0.4 is 10.1 Å². The molecule has 3 aromatic rings. The summed E-state index contributed by atoms with van der Waals surface area (Å²) in [6.45, 7) is 1.85. The van der Waals surface area contributed by atoms with Gasteiger partial charge in [-0.15, -0.1) is 11.3 Å². The Hall–Kier alpha value is -3.72. The minimum absolute atomic E-state index is 0.102. The highest BCUT2D eigenvalue weighted by Crippen LogP contribution is 2.36. The molecule has 0 saturated heterocycles. The van der Waals surface area contributed by atoms with E-state index in [2.05, 4.69) is 5.32 Å². The van der Waals surface area contributed by atoms with E-state index in [1.807, 2.05) is 12.1 Å². The Morgan fingerprint density at radius 3 is 2.47 bits per heavy atom. The minimum Gasteiger partial charge on any atom is -0.497 e. The van der Waals surface area contributed by atoms with Gasteiger partial charge in [-0.25, -0.2) is 4.79 Å². The zero-order valence-electron chi connectivity index (χ0n) is 16.2. The Bertz CT molecular complexity index is 1090. The first kappa shape index (κ1) is 21.0. The summed E-state index contributed by atoms with van der Waals surface area (Å²) >= 11 is 1.16. The maximum atomic E-state index is 12.7. The van der Waals surface area contributed by atoms with Gasteiger partial charge in [-0.1, -0.05) is 12.1 Å². The van der Waals surface area contributed by atoms with Gasteiger partial charge >= 0.3 is 5.97 Å². The zero-order valence-corrected chi connectivity index (χ0v) is 17.0. The Labute approximate surface area is 176 Å². The maximum absolute atomic E-state index is 12.7. The van der Waals surface area contributed by atoms with E-state index in [0.29, 0.717) is 5.75 Å². The summed E-state index contributed by atoms with van der Waals surface area (Å²) in [4.78, 5) is 36.7. The van der Waals surface area contributed by atoms with E-state index in [1.165, 1.54) is 24.3 Å². The molecular formula is C21H18N2O6S. The predicted molar refractivity (Wildman–Crippen MR) is 113 cm³/mol. The van der Waals surface area contributed by atoms with Gasteiger partial charge < -0.3 is 14.8 Å². The molecule has 0 unspecified atom stereocenters. The number of ether oxygens (including phenoxy) is 2. The minimum atomic E-state index is -0.688. The molecule has 1 heterocycles. The van der Waals surface area contributed by atoms with Crippen molar-refractivity contribution in [3.8, 4) is 16.2 Å². The van der Waals surface area contributed by atoms with Crippen LogP contribution in [0.3, 0.4) is 0 Å². The van der Waals surface area contributed by atoms with E-state index in [0.717, 1.165) is 21.8 Å². The van der Waals surface area contributed by atoms with Crippen LogP contribution in [-0.4, -0.2) is 30.5 Å². The monoisotopic (exact) mass is 426 g/mol. The number of esters is 1. The summed E-state index contributed by atoms with van der Waals surface area (Å²) in [5.41, 5.74) is 0.623. The average molecular weight is 426 g/mol. The molecule has 0 aliphatic rings. The molecule has 8 nitrogen and oxygen atoms in total. The normalized spacial score (nSPS) is 10.3. The van der Waals surface area contributed by atoms with Gasteiger partial charge in [0.25, 0.3) is 11.6 Å². The van der Waals surface area contributed by atoms with Crippen molar-refractivity contribution in [3.63, 3.8) is 0 Å². The molecule has 2 aromatic carbocycles. The average Bonchev–Trinajstić information content (AvgIpc) is 3.17. The van der Waals surface area contributed by atoms with Crippen molar-refractivity contribution >= 4 is 34.6 Å². The highest BCUT2D eigenvalue weighted by atomic mass is 32.1. The molecule has 1 N–H and O–H groups in total. The van der Waals surface area contributed by atoms with Gasteiger partial charge in [0.1, 0.15) is 16.2 Å². The summed E-state index contributed by atoms with van der Waals surface area (Å²) in [6.07, 6.45) is 0. The van der Waals surface area contributed by atoms with Crippen LogP contribution in [0.25, 0.3) is 10.4 Å². The van der Waals surface area contributed by atoms with Crippen molar-refractivity contribution in [3.05, 3.63) is 75.2 Å². The number of nitrogens with zero attached hydrogens (tertiary/aromatic N) is 1. The molecule has 0 radical (unpaired) electrons. The number of hydrogen-bond donors (Lipinski definition) is 1. The third kappa shape index (κ3) is 4.47. The van der Waals surface area contributed by atoms with E-state index < -0.39 is 16.8 Å². The number of nitrogens with one attached hydrogen (secondary N) is 1. The van der Waals surface area contributed by atoms with Crippen LogP contribution in [0.15, 0.2) is 54.6 Å². The fourth-order valence-electron chi connectivity index (χ4n) is 2.74. The van der Waals surface area contributed by atoms with Gasteiger partial charge in [-0.3, -0.25) is 14.9 Å². The maximum Gasteiger partial charge on any atom is 0.350 e. The number of hydrogen-bond acceptors (Lipinski definition) is 7. The van der Waals surface area contributed by atoms with E-state index in [9.17, 15) is 19.7 Å². The molecule has 9 heteroatoms. The van der Waals surface area contributed by atoms with Crippen molar-refractivity contribution in [1.29, 1.82) is 0 Å². The number of anilines is 1. The Morgan fingerprint density at radius 2 is 1.83 bits per heavy atom. The predicted octanol–water partition coefficient (Wildman–Crippen LogP) is 4.76. The Morgan fingerprint density at radius 1 is 1.13 bits per heavy atom. The summed E-state index contributed by atoms with van der Waals surface area (Å²) < 4.78 is 10.2. The van der Waals surface area contributed by atoms with E-state index >= 15 is 0 Å². The number of rotatable bonds is 7. The molecule has 0 bridgehead atoms. The lowest BCUT2D eigenvalue weighted by atomic mass is 10.1. The highest BCUT2D eigenvalue weighted by Gasteiger charge is 2.24. The van der Waals surface area contributed by atoms with Crippen molar-refractivity contribution in [2.75, 3.05) is 19.0 Å². The number of nitro groups is 1. The Kier molecular flexibility index (Phi) is 6.43. The number of amides is 1. The van der Waals surface area contributed by atoms with Crippen LogP contribution in [0.5, 0.6) is 5.75 Å². The van der Waals surface area contributed by atoms with Crippen molar-refractivity contribution < 1.29 is 24.0 Å². The molecule has 30 heavy (non-hydrogen) atoms. The van der Waals surface area contributed by atoms with Crippen LogP contribution in [0.2, 0.25) is 0 Å². The summed E-state index contributed by atoms with van der Waals surface area (Å²) in [6, 6.07) is 14.5. The van der Waals surface area contributed by atoms with E-state index in [-0.39, 0.29) is 28.4 Å². The number of thiophene rings is 1. The molecule has 3 rings (SSSR count). The largest absolute Gasteiger partial charge is 0.497 e. The van der Waals surface area contributed by atoms with Gasteiger partial charge in [-0.2, -0.15) is 0 Å². The second-order valence-corrected chi connectivity index (χ2v) is 7.08. The molecule has 0 saturated carbocycles. The first-order valence-electron chi connectivity index (χ1n) is 8.94. The van der Waals surface area contributed by atoms with E-state index in [4.69, 9.17) is 9.47 Å². The van der Waals surface area contributed by atoms with Gasteiger partial charge in [0.05, 0.1) is 24.3 Å². The zero-order chi connectivity index (χ0) is 21.7. The topological polar surface area (TPSA) is 108 Å². The van der Waals surface area contributed by atoms with Crippen molar-refractivity contribution in [2.24, 2.45) is 0 Å². The third-order valence-corrected chi connectivity index (χ3v) is 5.33. The third-order valence-electron chi connectivity index (χ3n) is 4.16. The molecule has 0 aliphatic carbocycles. The van der Waals surface area contributed by atoms with Crippen LogP contribution >= 0.6 is 11.3 Å². The number of carbonyl (C=O) groups is 2. The number of methoxy groups -OCH3 is 1. The smallest absolute Gasteiger partial charge is 0.350 e. The second kappa shape index (κ2) is 9.19. The second-order valence-electron chi connectivity index (χ2n) is 6.03. The van der Waals surface area contributed by atoms with Gasteiger partial charge in [-0.05, 0) is 48.9 Å². The molecule has 1 amide bonds. The fourth-order valence-corrected chi connectivity index (χ4v) is 3.76. The number of nitro benzene ring substituents is 1. The summed E-state index contributed by atoms with van der Waals surface area (Å²) in [5.74, 6) is -0.585. The van der Waals surface area contributed by atoms with Gasteiger partial charge in [0, 0.05) is 10.9 Å². The molecule has 0 atom stereocenters. The lowest BCUT2D eigenvalue weighted by Gasteiger charge is -2.06. The van der Waals surface area contributed by atoms with Crippen molar-refractivity contribution in [1.82, 2.24) is 0 Å². The van der Waals surface area contributed by atoms with Crippen LogP contribution in [-0.2, 0) is 4.74 Å². The summed E-state index contributed by atoms with van der Waals surface area (Å²) in [5, 5.41) is 13.8. The lowest BCUT2D eigenvalue weighted by molar-refractivity contribution is -0.385. The number of para-hydroxylation sites is 1. The fraction of sp³-hybridized carbons (Fsp3) is 0.143. The SMILES string of the molecule is CCOC(=O)c1sc(-c2ccc(OC)cc2)cc1NC(=O)c1ccccc1[N+](=O)[O-]. The van der Waals surface area contributed by atoms with Crippen LogP contribution in [0.4, 0.5) is 11.4 Å². The molecule has 0 spiro atoms. The van der Waals surface area contributed by atoms with Crippen LogP contribution in [0, 0.1) is 10.1 Å². The quantitative estimate of drug-likeness (QED) is 0.331. The van der Waals surface area contributed by atoms with E-state index in [1.54, 1.807) is 32.2 Å². The summed E-state index contributed by atoms with van der Waals surface area (Å²) in [7, 11) is 1.56.